The quantitative estimate of drug-likeness (QED) is 0.720. The van der Waals surface area contributed by atoms with Crippen molar-refractivity contribution in [3.05, 3.63) is 0 Å². The number of nitrogens with one attached hydrogen (secondary N) is 1. The molecule has 1 heterocycles. The van der Waals surface area contributed by atoms with Gasteiger partial charge in [0.2, 0.25) is 5.91 Å². The van der Waals surface area contributed by atoms with E-state index in [1.165, 1.54) is 7.11 Å². The van der Waals surface area contributed by atoms with Crippen molar-refractivity contribution >= 4 is 11.8 Å². The van der Waals surface area contributed by atoms with E-state index < -0.39 is 6.10 Å². The lowest BCUT2D eigenvalue weighted by molar-refractivity contribution is -0.136. The van der Waals surface area contributed by atoms with Gasteiger partial charge in [-0.3, -0.25) is 9.59 Å². The van der Waals surface area contributed by atoms with E-state index in [4.69, 9.17) is 10.5 Å². The highest BCUT2D eigenvalue weighted by atomic mass is 16.5. The van der Waals surface area contributed by atoms with Gasteiger partial charge in [-0.15, -0.1) is 0 Å². The molecular weight excluding hydrogens is 246 g/mol. The summed E-state index contributed by atoms with van der Waals surface area (Å²) in [5, 5.41) is 2.93. The average Bonchev–Trinajstić information content (AvgIpc) is 2.40. The predicted octanol–water partition coefficient (Wildman–Crippen LogP) is -0.277. The Labute approximate surface area is 114 Å². The van der Waals surface area contributed by atoms with E-state index in [1.807, 2.05) is 18.7 Å². The summed E-state index contributed by atoms with van der Waals surface area (Å²) in [4.78, 5) is 25.5. The maximum absolute atomic E-state index is 11.8. The fourth-order valence-electron chi connectivity index (χ4n) is 2.21. The molecule has 1 aliphatic heterocycles. The van der Waals surface area contributed by atoms with Crippen molar-refractivity contribution in [3.8, 4) is 0 Å². The van der Waals surface area contributed by atoms with Crippen LogP contribution >= 0.6 is 0 Å². The molecule has 3 N–H and O–H groups in total. The number of methoxy groups -OCH3 is 1. The van der Waals surface area contributed by atoms with Gasteiger partial charge in [0, 0.05) is 38.7 Å². The van der Waals surface area contributed by atoms with Crippen LogP contribution in [0.4, 0.5) is 0 Å². The Kier molecular flexibility index (Phi) is 6.24. The van der Waals surface area contributed by atoms with Gasteiger partial charge in [-0.2, -0.15) is 0 Å². The van der Waals surface area contributed by atoms with Gasteiger partial charge in [-0.1, -0.05) is 13.8 Å². The van der Waals surface area contributed by atoms with Gasteiger partial charge in [0.25, 0.3) is 5.91 Å². The van der Waals surface area contributed by atoms with Crippen LogP contribution < -0.4 is 11.1 Å². The molecule has 1 fully saturated rings. The van der Waals surface area contributed by atoms with Crippen molar-refractivity contribution in [3.63, 3.8) is 0 Å². The lowest BCUT2D eigenvalue weighted by Gasteiger charge is -2.33. The third-order valence-corrected chi connectivity index (χ3v) is 3.44. The molecule has 0 aromatic carbocycles. The molecule has 1 atom stereocenters. The normalized spacial score (nSPS) is 18.5. The second-order valence-corrected chi connectivity index (χ2v) is 5.22. The molecule has 0 aliphatic carbocycles. The maximum Gasteiger partial charge on any atom is 0.250 e. The van der Waals surface area contributed by atoms with Crippen molar-refractivity contribution in [2.24, 2.45) is 11.7 Å². The monoisotopic (exact) mass is 271 g/mol. The largest absolute Gasteiger partial charge is 0.370 e. The number of hydrogen-bond donors (Lipinski definition) is 2. The third-order valence-electron chi connectivity index (χ3n) is 3.44. The van der Waals surface area contributed by atoms with Gasteiger partial charge in [-0.05, 0) is 12.8 Å². The highest BCUT2D eigenvalue weighted by Gasteiger charge is 2.26. The molecule has 0 saturated carbocycles. The Morgan fingerprint density at radius 2 is 1.95 bits per heavy atom. The zero-order valence-corrected chi connectivity index (χ0v) is 12.0. The van der Waals surface area contributed by atoms with Crippen LogP contribution in [0.3, 0.4) is 0 Å². The van der Waals surface area contributed by atoms with Gasteiger partial charge in [0.15, 0.2) is 0 Å². The summed E-state index contributed by atoms with van der Waals surface area (Å²) in [6.07, 6.45) is 0.978. The smallest absolute Gasteiger partial charge is 0.250 e. The van der Waals surface area contributed by atoms with E-state index in [0.717, 1.165) is 12.8 Å². The second-order valence-electron chi connectivity index (χ2n) is 5.22. The summed E-state index contributed by atoms with van der Waals surface area (Å²) < 4.78 is 4.99. The number of nitrogens with two attached hydrogens (primary N) is 1. The SMILES string of the molecule is COC(CN)C(=O)NC1CCN(C(=O)C(C)C)CC1. The highest BCUT2D eigenvalue weighted by molar-refractivity contribution is 5.81. The summed E-state index contributed by atoms with van der Waals surface area (Å²) in [7, 11) is 1.47. The zero-order valence-electron chi connectivity index (χ0n) is 12.0. The summed E-state index contributed by atoms with van der Waals surface area (Å²) in [6, 6.07) is 0.105. The molecule has 1 rings (SSSR count). The lowest BCUT2D eigenvalue weighted by Crippen LogP contribution is -2.50. The van der Waals surface area contributed by atoms with Crippen molar-refractivity contribution in [1.82, 2.24) is 10.2 Å². The number of hydrogen-bond acceptors (Lipinski definition) is 4. The van der Waals surface area contributed by atoms with Crippen LogP contribution in [0.5, 0.6) is 0 Å². The van der Waals surface area contributed by atoms with E-state index in [0.29, 0.717) is 13.1 Å². The first kappa shape index (κ1) is 15.9. The fraction of sp³-hybridized carbons (Fsp3) is 0.846. The molecule has 0 bridgehead atoms. The number of rotatable bonds is 5. The van der Waals surface area contributed by atoms with Gasteiger partial charge in [0.1, 0.15) is 6.10 Å². The Hall–Kier alpha value is -1.14. The fourth-order valence-corrected chi connectivity index (χ4v) is 2.21. The molecule has 1 unspecified atom stereocenters. The molecule has 0 aromatic heterocycles. The van der Waals surface area contributed by atoms with E-state index in [1.54, 1.807) is 0 Å². The van der Waals surface area contributed by atoms with Crippen molar-refractivity contribution in [2.75, 3.05) is 26.7 Å². The lowest BCUT2D eigenvalue weighted by atomic mass is 10.0. The molecule has 0 spiro atoms. The summed E-state index contributed by atoms with van der Waals surface area (Å²) >= 11 is 0. The molecule has 0 radical (unpaired) electrons. The van der Waals surface area contributed by atoms with Crippen LogP contribution in [0, 0.1) is 5.92 Å². The summed E-state index contributed by atoms with van der Waals surface area (Å²) in [5.74, 6) is 0.0430. The minimum Gasteiger partial charge on any atom is -0.370 e. The Balaban J connectivity index is 2.38. The zero-order chi connectivity index (χ0) is 14.4. The number of amides is 2. The first-order valence-corrected chi connectivity index (χ1v) is 6.81. The van der Waals surface area contributed by atoms with Crippen molar-refractivity contribution < 1.29 is 14.3 Å². The van der Waals surface area contributed by atoms with Crippen LogP contribution in [-0.2, 0) is 14.3 Å². The first-order valence-electron chi connectivity index (χ1n) is 6.81. The topological polar surface area (TPSA) is 84.7 Å². The molecule has 1 saturated heterocycles. The predicted molar refractivity (Wildman–Crippen MR) is 72.4 cm³/mol. The molecule has 2 amide bonds. The van der Waals surface area contributed by atoms with E-state index in [-0.39, 0.29) is 30.3 Å². The van der Waals surface area contributed by atoms with Gasteiger partial charge < -0.3 is 20.7 Å². The number of carbonyl (C=O) groups is 2. The molecule has 1 aliphatic rings. The molecule has 19 heavy (non-hydrogen) atoms. The van der Waals surface area contributed by atoms with Gasteiger partial charge in [-0.25, -0.2) is 0 Å². The van der Waals surface area contributed by atoms with Crippen molar-refractivity contribution in [2.45, 2.75) is 38.8 Å². The number of ether oxygens (including phenoxy) is 1. The van der Waals surface area contributed by atoms with E-state index in [9.17, 15) is 9.59 Å². The number of piperidine rings is 1. The van der Waals surface area contributed by atoms with Gasteiger partial charge in [0.05, 0.1) is 0 Å². The molecule has 6 nitrogen and oxygen atoms in total. The third kappa shape index (κ3) is 4.47. The Bertz CT molecular complexity index is 308. The van der Waals surface area contributed by atoms with Crippen LogP contribution in [0.1, 0.15) is 26.7 Å². The number of carbonyl (C=O) groups excluding carboxylic acids is 2. The molecular formula is C13H25N3O3. The van der Waals surface area contributed by atoms with Gasteiger partial charge >= 0.3 is 0 Å². The Morgan fingerprint density at radius 3 is 2.37 bits per heavy atom. The highest BCUT2D eigenvalue weighted by Crippen LogP contribution is 2.13. The average molecular weight is 271 g/mol. The number of nitrogens with zero attached hydrogens (tertiary/aromatic N) is 1. The Morgan fingerprint density at radius 1 is 1.37 bits per heavy atom. The summed E-state index contributed by atoms with van der Waals surface area (Å²) in [5.41, 5.74) is 5.45. The molecule has 6 heteroatoms. The van der Waals surface area contributed by atoms with E-state index >= 15 is 0 Å². The van der Waals surface area contributed by atoms with Crippen LogP contribution in [0.15, 0.2) is 0 Å². The first-order chi connectivity index (χ1) is 8.99. The minimum absolute atomic E-state index is 0.0289. The standard InChI is InChI=1S/C13H25N3O3/c1-9(2)13(18)16-6-4-10(5-7-16)15-12(17)11(8-14)19-3/h9-11H,4-8,14H2,1-3H3,(H,15,17). The second kappa shape index (κ2) is 7.45. The molecule has 0 aromatic rings. The van der Waals surface area contributed by atoms with Crippen LogP contribution in [-0.4, -0.2) is 55.6 Å². The van der Waals surface area contributed by atoms with Crippen LogP contribution in [0.25, 0.3) is 0 Å². The number of likely N-dealkylation sites (tertiary alicyclic amines) is 1. The summed E-state index contributed by atoms with van der Waals surface area (Å²) in [6.45, 7) is 5.37. The van der Waals surface area contributed by atoms with Crippen molar-refractivity contribution in [1.29, 1.82) is 0 Å². The van der Waals surface area contributed by atoms with E-state index in [2.05, 4.69) is 5.32 Å². The maximum atomic E-state index is 11.8. The minimum atomic E-state index is -0.588. The van der Waals surface area contributed by atoms with Crippen LogP contribution in [0.2, 0.25) is 0 Å². The molecule has 110 valence electrons.